The first-order valence-corrected chi connectivity index (χ1v) is 12.9. The van der Waals surface area contributed by atoms with Gasteiger partial charge < -0.3 is 25.5 Å². The van der Waals surface area contributed by atoms with E-state index >= 15 is 0 Å². The number of aryl methyl sites for hydroxylation is 2. The molecule has 3 N–H and O–H groups in total. The molecule has 12 nitrogen and oxygen atoms in total. The molecule has 12 heteroatoms. The van der Waals surface area contributed by atoms with E-state index in [2.05, 4.69) is 50.5 Å². The van der Waals surface area contributed by atoms with E-state index < -0.39 is 0 Å². The van der Waals surface area contributed by atoms with Crippen LogP contribution in [0.2, 0.25) is 0 Å². The van der Waals surface area contributed by atoms with Crippen LogP contribution in [0.15, 0.2) is 31.1 Å². The number of anilines is 4. The third kappa shape index (κ3) is 6.85. The fourth-order valence-electron chi connectivity index (χ4n) is 4.27. The topological polar surface area (TPSA) is 133 Å². The molecule has 0 unspecified atom stereocenters. The van der Waals surface area contributed by atoms with Gasteiger partial charge in [0, 0.05) is 57.9 Å². The number of hydrogen-bond donors (Lipinski definition) is 3. The number of piperazine rings is 1. The van der Waals surface area contributed by atoms with Gasteiger partial charge in [0.05, 0.1) is 18.5 Å². The number of rotatable bonds is 13. The lowest BCUT2D eigenvalue weighted by molar-refractivity contribution is 0.291. The van der Waals surface area contributed by atoms with E-state index in [1.165, 1.54) is 31.2 Å². The summed E-state index contributed by atoms with van der Waals surface area (Å²) in [4.78, 5) is 26.9. The van der Waals surface area contributed by atoms with Gasteiger partial charge in [0.1, 0.15) is 6.33 Å². The Hall–Kier alpha value is -3.38. The Morgan fingerprint density at radius 2 is 1.69 bits per heavy atom. The van der Waals surface area contributed by atoms with Crippen molar-refractivity contribution in [3.8, 4) is 0 Å². The van der Waals surface area contributed by atoms with Crippen molar-refractivity contribution in [1.82, 2.24) is 40.0 Å². The second-order valence-electron chi connectivity index (χ2n) is 9.40. The summed E-state index contributed by atoms with van der Waals surface area (Å²) in [5.74, 6) is 2.88. The van der Waals surface area contributed by atoms with Crippen LogP contribution in [0, 0.1) is 5.92 Å². The van der Waals surface area contributed by atoms with Crippen molar-refractivity contribution < 1.29 is 5.11 Å². The molecule has 1 aliphatic heterocycles. The molecule has 1 saturated carbocycles. The SMILES string of the molecule is OCCNCCCn1cc(Nc2ncnc(N3CCN(c4ncc(CCC5CC5)cn4)CC3)n2)cn1. The van der Waals surface area contributed by atoms with Crippen LogP contribution in [0.3, 0.4) is 0 Å². The molecule has 192 valence electrons. The zero-order chi connectivity index (χ0) is 24.6. The van der Waals surface area contributed by atoms with Crippen molar-refractivity contribution in [2.75, 3.05) is 61.0 Å². The van der Waals surface area contributed by atoms with E-state index in [1.807, 2.05) is 23.3 Å². The summed E-state index contributed by atoms with van der Waals surface area (Å²) in [6.07, 6.45) is 15.3. The van der Waals surface area contributed by atoms with Crippen LogP contribution in [0.5, 0.6) is 0 Å². The maximum atomic E-state index is 8.81. The summed E-state index contributed by atoms with van der Waals surface area (Å²) in [6.45, 7) is 5.61. The summed E-state index contributed by atoms with van der Waals surface area (Å²) in [6, 6.07) is 0. The predicted octanol–water partition coefficient (Wildman–Crippen LogP) is 1.24. The Balaban J connectivity index is 1.09. The number of aliphatic hydroxyl groups excluding tert-OH is 1. The highest BCUT2D eigenvalue weighted by Gasteiger charge is 2.22. The quantitative estimate of drug-likeness (QED) is 0.297. The van der Waals surface area contributed by atoms with Crippen LogP contribution >= 0.6 is 0 Å². The number of hydrogen-bond acceptors (Lipinski definition) is 11. The summed E-state index contributed by atoms with van der Waals surface area (Å²) < 4.78 is 1.88. The highest BCUT2D eigenvalue weighted by Crippen LogP contribution is 2.33. The minimum Gasteiger partial charge on any atom is -0.395 e. The Morgan fingerprint density at radius 1 is 0.917 bits per heavy atom. The molecule has 0 atom stereocenters. The highest BCUT2D eigenvalue weighted by atomic mass is 16.3. The lowest BCUT2D eigenvalue weighted by Crippen LogP contribution is -2.47. The Morgan fingerprint density at radius 3 is 2.44 bits per heavy atom. The lowest BCUT2D eigenvalue weighted by Gasteiger charge is -2.34. The average molecular weight is 494 g/mol. The summed E-state index contributed by atoms with van der Waals surface area (Å²) in [5.41, 5.74) is 2.06. The normalized spacial score (nSPS) is 15.9. The molecular weight excluding hydrogens is 458 g/mol. The van der Waals surface area contributed by atoms with Gasteiger partial charge in [-0.2, -0.15) is 10.1 Å². The average Bonchev–Trinajstić information content (AvgIpc) is 3.65. The van der Waals surface area contributed by atoms with E-state index in [4.69, 9.17) is 5.11 Å². The fourth-order valence-corrected chi connectivity index (χ4v) is 4.27. The Bertz CT molecular complexity index is 1080. The monoisotopic (exact) mass is 493 g/mol. The van der Waals surface area contributed by atoms with Gasteiger partial charge in [0.15, 0.2) is 0 Å². The number of nitrogens with zero attached hydrogens (tertiary/aromatic N) is 9. The molecule has 0 radical (unpaired) electrons. The smallest absolute Gasteiger partial charge is 0.232 e. The molecule has 0 amide bonds. The zero-order valence-corrected chi connectivity index (χ0v) is 20.6. The molecule has 2 aliphatic rings. The van der Waals surface area contributed by atoms with Gasteiger partial charge in [0.2, 0.25) is 17.8 Å². The van der Waals surface area contributed by atoms with Crippen LogP contribution in [0.4, 0.5) is 23.5 Å². The number of aliphatic hydroxyl groups is 1. The second-order valence-corrected chi connectivity index (χ2v) is 9.40. The summed E-state index contributed by atoms with van der Waals surface area (Å²) >= 11 is 0. The lowest BCUT2D eigenvalue weighted by atomic mass is 10.1. The van der Waals surface area contributed by atoms with E-state index in [-0.39, 0.29) is 6.61 Å². The van der Waals surface area contributed by atoms with Gasteiger partial charge in [-0.15, -0.1) is 0 Å². The molecule has 1 aliphatic carbocycles. The maximum absolute atomic E-state index is 8.81. The molecule has 2 fully saturated rings. The molecule has 0 bridgehead atoms. The largest absolute Gasteiger partial charge is 0.395 e. The fraction of sp³-hybridized carbons (Fsp3) is 0.583. The summed E-state index contributed by atoms with van der Waals surface area (Å²) in [7, 11) is 0. The van der Waals surface area contributed by atoms with Crippen LogP contribution in [0.1, 0.15) is 31.2 Å². The Labute approximate surface area is 211 Å². The van der Waals surface area contributed by atoms with Gasteiger partial charge in [-0.3, -0.25) is 4.68 Å². The van der Waals surface area contributed by atoms with E-state index in [9.17, 15) is 0 Å². The molecule has 4 heterocycles. The first kappa shape index (κ1) is 24.3. The first-order chi connectivity index (χ1) is 17.8. The predicted molar refractivity (Wildman–Crippen MR) is 137 cm³/mol. The van der Waals surface area contributed by atoms with Gasteiger partial charge in [0.25, 0.3) is 0 Å². The van der Waals surface area contributed by atoms with Crippen molar-refractivity contribution in [2.24, 2.45) is 5.92 Å². The molecule has 36 heavy (non-hydrogen) atoms. The molecule has 1 saturated heterocycles. The maximum Gasteiger partial charge on any atom is 0.232 e. The molecule has 0 spiro atoms. The minimum atomic E-state index is 0.155. The highest BCUT2D eigenvalue weighted by molar-refractivity contribution is 5.51. The number of nitrogens with one attached hydrogen (secondary N) is 2. The van der Waals surface area contributed by atoms with Crippen molar-refractivity contribution in [2.45, 2.75) is 38.6 Å². The molecule has 0 aromatic carbocycles. The molecule has 3 aromatic rings. The Kier molecular flexibility index (Phi) is 8.13. The first-order valence-electron chi connectivity index (χ1n) is 12.9. The number of aromatic nitrogens is 7. The molecular formula is C24H35N11O. The van der Waals surface area contributed by atoms with Crippen LogP contribution in [-0.4, -0.2) is 85.7 Å². The third-order valence-corrected chi connectivity index (χ3v) is 6.55. The second kappa shape index (κ2) is 12.0. The van der Waals surface area contributed by atoms with Gasteiger partial charge in [-0.05, 0) is 37.3 Å². The molecule has 3 aromatic heterocycles. The molecule has 5 rings (SSSR count). The van der Waals surface area contributed by atoms with E-state index in [0.29, 0.717) is 18.4 Å². The van der Waals surface area contributed by atoms with Crippen molar-refractivity contribution in [1.29, 1.82) is 0 Å². The van der Waals surface area contributed by atoms with Crippen molar-refractivity contribution >= 4 is 23.5 Å². The van der Waals surface area contributed by atoms with Crippen molar-refractivity contribution in [3.05, 3.63) is 36.7 Å². The van der Waals surface area contributed by atoms with Crippen molar-refractivity contribution in [3.63, 3.8) is 0 Å². The van der Waals surface area contributed by atoms with E-state index in [0.717, 1.165) is 69.7 Å². The zero-order valence-electron chi connectivity index (χ0n) is 20.6. The van der Waals surface area contributed by atoms with Gasteiger partial charge in [-0.25, -0.2) is 19.9 Å². The van der Waals surface area contributed by atoms with E-state index in [1.54, 1.807) is 6.20 Å². The minimum absolute atomic E-state index is 0.155. The third-order valence-electron chi connectivity index (χ3n) is 6.55. The van der Waals surface area contributed by atoms with Crippen LogP contribution in [-0.2, 0) is 13.0 Å². The standard InChI is InChI=1S/C24H35N11O/c36-13-7-25-6-1-8-35-17-21(16-30-35)31-22-28-18-29-24(32-22)34-11-9-33(10-12-34)23-26-14-20(15-27-23)5-4-19-2-3-19/h14-19,25,36H,1-13H2,(H,28,29,31,32). The van der Waals surface area contributed by atoms with Gasteiger partial charge >= 0.3 is 0 Å². The van der Waals surface area contributed by atoms with Crippen LogP contribution in [0.25, 0.3) is 0 Å². The summed E-state index contributed by atoms with van der Waals surface area (Å²) in [5, 5.41) is 19.6. The van der Waals surface area contributed by atoms with Crippen LogP contribution < -0.4 is 20.4 Å². The van der Waals surface area contributed by atoms with Gasteiger partial charge in [-0.1, -0.05) is 12.8 Å².